The van der Waals surface area contributed by atoms with Crippen LogP contribution in [-0.2, 0) is 0 Å². The molecule has 1 aromatic carbocycles. The summed E-state index contributed by atoms with van der Waals surface area (Å²) in [7, 11) is 0. The minimum Gasteiger partial charge on any atom is -0.342 e. The molecule has 0 saturated carbocycles. The Morgan fingerprint density at radius 3 is 2.47 bits per heavy atom. The third kappa shape index (κ3) is 3.50. The molecule has 86 valence electrons. The average Bonchev–Trinajstić information content (AvgIpc) is 2.30. The highest BCUT2D eigenvalue weighted by atomic mass is 35.5. The van der Waals surface area contributed by atoms with Crippen molar-refractivity contribution in [2.24, 2.45) is 0 Å². The number of aromatic nitrogens is 1. The van der Waals surface area contributed by atoms with Gasteiger partial charge in [-0.1, -0.05) is 36.4 Å². The monoisotopic (exact) mass is 245 g/mol. The largest absolute Gasteiger partial charge is 0.342 e. The topological polar surface area (TPSA) is 37.0 Å². The van der Waals surface area contributed by atoms with E-state index in [4.69, 9.17) is 11.6 Å². The number of para-hydroxylation sites is 1. The van der Waals surface area contributed by atoms with Crippen LogP contribution >= 0.6 is 11.6 Å². The summed E-state index contributed by atoms with van der Waals surface area (Å²) in [5.41, 5.74) is 1.82. The summed E-state index contributed by atoms with van der Waals surface area (Å²) in [6, 6.07) is 13.4. The lowest BCUT2D eigenvalue weighted by molar-refractivity contribution is 1.30. The van der Waals surface area contributed by atoms with E-state index < -0.39 is 0 Å². The minimum atomic E-state index is 0.447. The second-order valence-electron chi connectivity index (χ2n) is 3.46. The molecule has 2 aromatic rings. The van der Waals surface area contributed by atoms with Crippen molar-refractivity contribution in [3.63, 3.8) is 0 Å². The van der Waals surface area contributed by atoms with Crippen LogP contribution in [0.25, 0.3) is 0 Å². The van der Waals surface area contributed by atoms with E-state index in [1.165, 1.54) is 0 Å². The summed E-state index contributed by atoms with van der Waals surface area (Å²) in [5, 5.41) is 6.69. The first-order chi connectivity index (χ1) is 8.24. The van der Waals surface area contributed by atoms with Crippen molar-refractivity contribution in [1.82, 2.24) is 4.98 Å². The predicted molar refractivity (Wildman–Crippen MR) is 72.1 cm³/mol. The van der Waals surface area contributed by atoms with Crippen LogP contribution in [0.5, 0.6) is 0 Å². The molecule has 1 aromatic heterocycles. The molecular weight excluding hydrogens is 234 g/mol. The number of anilines is 2. The van der Waals surface area contributed by atoms with E-state index in [2.05, 4.69) is 22.2 Å². The van der Waals surface area contributed by atoms with Crippen LogP contribution in [0.2, 0.25) is 5.15 Å². The average molecular weight is 246 g/mol. The molecule has 0 saturated heterocycles. The Morgan fingerprint density at radius 2 is 1.76 bits per heavy atom. The summed E-state index contributed by atoms with van der Waals surface area (Å²) in [5.74, 6) is 0.679. The molecule has 2 N–H and O–H groups in total. The molecule has 1 heterocycles. The fourth-order valence-electron chi connectivity index (χ4n) is 1.38. The van der Waals surface area contributed by atoms with E-state index in [0.29, 0.717) is 11.0 Å². The zero-order valence-corrected chi connectivity index (χ0v) is 9.91. The SMILES string of the molecule is C=C(Nc1ccccc1)Nc1ccnc(Cl)c1. The molecule has 0 bridgehead atoms. The van der Waals surface area contributed by atoms with Crippen molar-refractivity contribution in [2.45, 2.75) is 0 Å². The Labute approximate surface area is 105 Å². The van der Waals surface area contributed by atoms with Gasteiger partial charge in [0, 0.05) is 17.6 Å². The standard InChI is InChI=1S/C13H12ClN3/c1-10(16-11-5-3-2-4-6-11)17-12-7-8-15-13(14)9-12/h2-9,16H,1H2,(H,15,17). The third-order valence-electron chi connectivity index (χ3n) is 2.09. The van der Waals surface area contributed by atoms with E-state index in [1.807, 2.05) is 36.4 Å². The first-order valence-electron chi connectivity index (χ1n) is 5.13. The highest BCUT2D eigenvalue weighted by Gasteiger charge is 1.97. The zero-order chi connectivity index (χ0) is 12.1. The van der Waals surface area contributed by atoms with Crippen LogP contribution in [-0.4, -0.2) is 4.98 Å². The van der Waals surface area contributed by atoms with Gasteiger partial charge in [-0.15, -0.1) is 0 Å². The quantitative estimate of drug-likeness (QED) is 0.806. The van der Waals surface area contributed by atoms with Crippen molar-refractivity contribution in [1.29, 1.82) is 0 Å². The van der Waals surface area contributed by atoms with Crippen molar-refractivity contribution < 1.29 is 0 Å². The lowest BCUT2D eigenvalue weighted by Crippen LogP contribution is -2.07. The Hall–Kier alpha value is -2.00. The van der Waals surface area contributed by atoms with Gasteiger partial charge in [-0.3, -0.25) is 0 Å². The molecule has 0 radical (unpaired) electrons. The lowest BCUT2D eigenvalue weighted by atomic mass is 10.3. The van der Waals surface area contributed by atoms with Gasteiger partial charge in [0.15, 0.2) is 0 Å². The lowest BCUT2D eigenvalue weighted by Gasteiger charge is -2.11. The Bertz CT molecular complexity index is 511. The van der Waals surface area contributed by atoms with Gasteiger partial charge < -0.3 is 10.6 Å². The van der Waals surface area contributed by atoms with Gasteiger partial charge in [0.2, 0.25) is 0 Å². The van der Waals surface area contributed by atoms with Gasteiger partial charge >= 0.3 is 0 Å². The van der Waals surface area contributed by atoms with E-state index in [0.717, 1.165) is 11.4 Å². The molecule has 0 atom stereocenters. The Morgan fingerprint density at radius 1 is 1.06 bits per heavy atom. The van der Waals surface area contributed by atoms with Crippen molar-refractivity contribution in [3.05, 3.63) is 66.2 Å². The molecule has 0 unspecified atom stereocenters. The van der Waals surface area contributed by atoms with Crippen LogP contribution in [0.15, 0.2) is 61.1 Å². The van der Waals surface area contributed by atoms with Gasteiger partial charge in [0.1, 0.15) is 11.0 Å². The number of pyridine rings is 1. The molecule has 0 spiro atoms. The van der Waals surface area contributed by atoms with Crippen LogP contribution < -0.4 is 10.6 Å². The van der Waals surface area contributed by atoms with Gasteiger partial charge in [-0.05, 0) is 24.3 Å². The van der Waals surface area contributed by atoms with Gasteiger partial charge in [-0.25, -0.2) is 4.98 Å². The number of benzene rings is 1. The molecule has 0 aliphatic heterocycles. The fraction of sp³-hybridized carbons (Fsp3) is 0. The second kappa shape index (κ2) is 5.37. The first-order valence-corrected chi connectivity index (χ1v) is 5.51. The third-order valence-corrected chi connectivity index (χ3v) is 2.30. The maximum atomic E-state index is 5.79. The summed E-state index contributed by atoms with van der Waals surface area (Å²) < 4.78 is 0. The maximum absolute atomic E-state index is 5.79. The zero-order valence-electron chi connectivity index (χ0n) is 9.15. The van der Waals surface area contributed by atoms with Crippen molar-refractivity contribution in [2.75, 3.05) is 10.6 Å². The number of hydrogen-bond donors (Lipinski definition) is 2. The van der Waals surface area contributed by atoms with Crippen molar-refractivity contribution in [3.8, 4) is 0 Å². The molecule has 0 amide bonds. The number of hydrogen-bond acceptors (Lipinski definition) is 3. The van der Waals surface area contributed by atoms with E-state index in [1.54, 1.807) is 12.3 Å². The van der Waals surface area contributed by atoms with Gasteiger partial charge in [0.05, 0.1) is 0 Å². The molecule has 2 rings (SSSR count). The van der Waals surface area contributed by atoms with Crippen LogP contribution in [0.1, 0.15) is 0 Å². The normalized spacial score (nSPS) is 9.71. The van der Waals surface area contributed by atoms with E-state index in [-0.39, 0.29) is 0 Å². The predicted octanol–water partition coefficient (Wildman–Crippen LogP) is 3.73. The Kier molecular flexibility index (Phi) is 3.62. The highest BCUT2D eigenvalue weighted by Crippen LogP contribution is 2.15. The molecule has 17 heavy (non-hydrogen) atoms. The van der Waals surface area contributed by atoms with E-state index >= 15 is 0 Å². The molecular formula is C13H12ClN3. The maximum Gasteiger partial charge on any atom is 0.131 e. The van der Waals surface area contributed by atoms with E-state index in [9.17, 15) is 0 Å². The van der Waals surface area contributed by atoms with Crippen LogP contribution in [0.3, 0.4) is 0 Å². The van der Waals surface area contributed by atoms with Gasteiger partial charge in [-0.2, -0.15) is 0 Å². The van der Waals surface area contributed by atoms with Crippen LogP contribution in [0, 0.1) is 0 Å². The minimum absolute atomic E-state index is 0.447. The summed E-state index contributed by atoms with van der Waals surface area (Å²) in [4.78, 5) is 3.91. The summed E-state index contributed by atoms with van der Waals surface area (Å²) in [6.45, 7) is 3.89. The molecule has 0 fully saturated rings. The number of nitrogens with one attached hydrogen (secondary N) is 2. The second-order valence-corrected chi connectivity index (χ2v) is 3.85. The Balaban J connectivity index is 1.98. The number of halogens is 1. The van der Waals surface area contributed by atoms with Gasteiger partial charge in [0.25, 0.3) is 0 Å². The van der Waals surface area contributed by atoms with Crippen molar-refractivity contribution >= 4 is 23.0 Å². The number of nitrogens with zero attached hydrogens (tertiary/aromatic N) is 1. The van der Waals surface area contributed by atoms with Crippen LogP contribution in [0.4, 0.5) is 11.4 Å². The summed E-state index contributed by atoms with van der Waals surface area (Å²) >= 11 is 5.79. The molecule has 4 heteroatoms. The molecule has 3 nitrogen and oxygen atoms in total. The molecule has 0 aliphatic rings. The summed E-state index contributed by atoms with van der Waals surface area (Å²) in [6.07, 6.45) is 1.64. The fourth-order valence-corrected chi connectivity index (χ4v) is 1.56. The highest BCUT2D eigenvalue weighted by molar-refractivity contribution is 6.29. The molecule has 0 aliphatic carbocycles. The smallest absolute Gasteiger partial charge is 0.131 e. The number of rotatable bonds is 4. The first kappa shape index (κ1) is 11.5.